The van der Waals surface area contributed by atoms with Crippen molar-refractivity contribution in [2.75, 3.05) is 18.6 Å². The summed E-state index contributed by atoms with van der Waals surface area (Å²) in [4.78, 5) is 0.146. The molecule has 0 saturated carbocycles. The van der Waals surface area contributed by atoms with Crippen LogP contribution in [0.2, 0.25) is 0 Å². The van der Waals surface area contributed by atoms with E-state index in [0.717, 1.165) is 18.2 Å². The molecular formula is C11H17NO4S2. The Morgan fingerprint density at radius 2 is 1.61 bits per heavy atom. The first-order chi connectivity index (χ1) is 8.24. The molecule has 1 rings (SSSR count). The molecule has 18 heavy (non-hydrogen) atoms. The monoisotopic (exact) mass is 291 g/mol. The van der Waals surface area contributed by atoms with Crippen LogP contribution in [0.25, 0.3) is 0 Å². The lowest BCUT2D eigenvalue weighted by Gasteiger charge is -2.06. The molecule has 102 valence electrons. The van der Waals surface area contributed by atoms with E-state index >= 15 is 0 Å². The van der Waals surface area contributed by atoms with Gasteiger partial charge in [0.2, 0.25) is 10.0 Å². The zero-order valence-corrected chi connectivity index (χ0v) is 12.0. The van der Waals surface area contributed by atoms with Crippen LogP contribution < -0.4 is 4.72 Å². The van der Waals surface area contributed by atoms with Gasteiger partial charge in [0.25, 0.3) is 0 Å². The number of rotatable bonds is 6. The maximum atomic E-state index is 11.8. The Labute approximate surface area is 108 Å². The first-order valence-electron chi connectivity index (χ1n) is 5.51. The van der Waals surface area contributed by atoms with Gasteiger partial charge < -0.3 is 0 Å². The van der Waals surface area contributed by atoms with Gasteiger partial charge in [0, 0.05) is 12.8 Å². The number of benzene rings is 1. The molecule has 0 atom stereocenters. The molecule has 0 amide bonds. The van der Waals surface area contributed by atoms with E-state index in [1.54, 1.807) is 12.1 Å². The molecule has 0 heterocycles. The van der Waals surface area contributed by atoms with Gasteiger partial charge in [0.1, 0.15) is 9.84 Å². The molecule has 1 N–H and O–H groups in total. The van der Waals surface area contributed by atoms with Gasteiger partial charge in [-0.3, -0.25) is 0 Å². The van der Waals surface area contributed by atoms with Crippen molar-refractivity contribution in [1.29, 1.82) is 0 Å². The standard InChI is InChI=1S/C11H17NO4S2/c1-3-10-4-6-11(7-5-10)18(15,16)12-8-9-17(2,13)14/h4-7,12H,3,8-9H2,1-2H3. The topological polar surface area (TPSA) is 80.3 Å². The lowest BCUT2D eigenvalue weighted by atomic mass is 10.2. The van der Waals surface area contributed by atoms with E-state index in [2.05, 4.69) is 4.72 Å². The summed E-state index contributed by atoms with van der Waals surface area (Å²) < 4.78 is 47.7. The van der Waals surface area contributed by atoms with Gasteiger partial charge in [0.05, 0.1) is 10.6 Å². The molecule has 0 aromatic heterocycles. The van der Waals surface area contributed by atoms with E-state index in [-0.39, 0.29) is 17.2 Å². The first kappa shape index (κ1) is 15.1. The van der Waals surface area contributed by atoms with Gasteiger partial charge in [-0.25, -0.2) is 21.6 Å². The maximum Gasteiger partial charge on any atom is 0.240 e. The fourth-order valence-electron chi connectivity index (χ4n) is 1.35. The van der Waals surface area contributed by atoms with Crippen molar-refractivity contribution in [2.24, 2.45) is 0 Å². The highest BCUT2D eigenvalue weighted by Gasteiger charge is 2.14. The lowest BCUT2D eigenvalue weighted by molar-refractivity contribution is 0.582. The molecule has 0 spiro atoms. The molecule has 0 aliphatic carbocycles. The van der Waals surface area contributed by atoms with Crippen molar-refractivity contribution < 1.29 is 16.8 Å². The Morgan fingerprint density at radius 1 is 1.06 bits per heavy atom. The third-order valence-electron chi connectivity index (χ3n) is 2.41. The van der Waals surface area contributed by atoms with Crippen molar-refractivity contribution >= 4 is 19.9 Å². The molecule has 7 heteroatoms. The number of aryl methyl sites for hydroxylation is 1. The molecule has 0 radical (unpaired) electrons. The summed E-state index contributed by atoms with van der Waals surface area (Å²) in [7, 11) is -6.79. The minimum Gasteiger partial charge on any atom is -0.229 e. The predicted octanol–water partition coefficient (Wildman–Crippen LogP) is 0.572. The van der Waals surface area contributed by atoms with E-state index in [4.69, 9.17) is 0 Å². The Hall–Kier alpha value is -0.920. The fourth-order valence-corrected chi connectivity index (χ4v) is 2.98. The molecule has 0 fully saturated rings. The average Bonchev–Trinajstić information content (AvgIpc) is 2.27. The van der Waals surface area contributed by atoms with E-state index in [1.165, 1.54) is 12.1 Å². The Bertz CT molecular complexity index is 588. The SMILES string of the molecule is CCc1ccc(S(=O)(=O)NCCS(C)(=O)=O)cc1. The van der Waals surface area contributed by atoms with E-state index < -0.39 is 19.9 Å². The van der Waals surface area contributed by atoms with Gasteiger partial charge in [-0.1, -0.05) is 19.1 Å². The fraction of sp³-hybridized carbons (Fsp3) is 0.455. The summed E-state index contributed by atoms with van der Waals surface area (Å²) in [6.07, 6.45) is 1.90. The molecule has 1 aromatic rings. The smallest absolute Gasteiger partial charge is 0.229 e. The number of nitrogens with one attached hydrogen (secondary N) is 1. The van der Waals surface area contributed by atoms with Crippen LogP contribution in [0.5, 0.6) is 0 Å². The van der Waals surface area contributed by atoms with Crippen LogP contribution in [0.4, 0.5) is 0 Å². The molecule has 0 saturated heterocycles. The second-order valence-electron chi connectivity index (χ2n) is 4.03. The van der Waals surface area contributed by atoms with Crippen molar-refractivity contribution in [1.82, 2.24) is 4.72 Å². The van der Waals surface area contributed by atoms with Gasteiger partial charge in [0.15, 0.2) is 0 Å². The predicted molar refractivity (Wildman–Crippen MR) is 70.7 cm³/mol. The molecule has 0 bridgehead atoms. The molecule has 5 nitrogen and oxygen atoms in total. The molecule has 1 aromatic carbocycles. The zero-order chi connectivity index (χ0) is 13.8. The van der Waals surface area contributed by atoms with Crippen LogP contribution in [0.3, 0.4) is 0 Å². The molecule has 0 unspecified atom stereocenters. The van der Waals surface area contributed by atoms with Gasteiger partial charge >= 0.3 is 0 Å². The minimum absolute atomic E-state index is 0.114. The number of hydrogen-bond acceptors (Lipinski definition) is 4. The largest absolute Gasteiger partial charge is 0.240 e. The third-order valence-corrected chi connectivity index (χ3v) is 4.83. The average molecular weight is 291 g/mol. The Balaban J connectivity index is 2.74. The van der Waals surface area contributed by atoms with Gasteiger partial charge in [-0.2, -0.15) is 0 Å². The summed E-state index contributed by atoms with van der Waals surface area (Å²) >= 11 is 0. The summed E-state index contributed by atoms with van der Waals surface area (Å²) in [6, 6.07) is 6.51. The Morgan fingerprint density at radius 3 is 2.06 bits per heavy atom. The van der Waals surface area contributed by atoms with Crippen molar-refractivity contribution in [3.8, 4) is 0 Å². The number of sulfone groups is 1. The van der Waals surface area contributed by atoms with Crippen LogP contribution in [0, 0.1) is 0 Å². The lowest BCUT2D eigenvalue weighted by Crippen LogP contribution is -2.28. The van der Waals surface area contributed by atoms with Crippen LogP contribution in [0.15, 0.2) is 29.2 Å². The number of sulfonamides is 1. The minimum atomic E-state index is -3.62. The normalized spacial score (nSPS) is 12.6. The number of hydrogen-bond donors (Lipinski definition) is 1. The first-order valence-corrected chi connectivity index (χ1v) is 9.05. The van der Waals surface area contributed by atoms with E-state index in [9.17, 15) is 16.8 Å². The summed E-state index contributed by atoms with van der Waals surface area (Å²) in [6.45, 7) is 1.87. The quantitative estimate of drug-likeness (QED) is 0.831. The van der Waals surface area contributed by atoms with Gasteiger partial charge in [-0.15, -0.1) is 0 Å². The van der Waals surface area contributed by atoms with Crippen LogP contribution >= 0.6 is 0 Å². The summed E-state index contributed by atoms with van der Waals surface area (Å²) in [5.74, 6) is -0.209. The highest BCUT2D eigenvalue weighted by Crippen LogP contribution is 2.10. The zero-order valence-electron chi connectivity index (χ0n) is 10.4. The highest BCUT2D eigenvalue weighted by atomic mass is 32.2. The summed E-state index contributed by atoms with van der Waals surface area (Å²) in [5.41, 5.74) is 1.05. The van der Waals surface area contributed by atoms with E-state index in [0.29, 0.717) is 0 Å². The second-order valence-corrected chi connectivity index (χ2v) is 8.05. The molecular weight excluding hydrogens is 274 g/mol. The van der Waals surface area contributed by atoms with Crippen LogP contribution in [0.1, 0.15) is 12.5 Å². The van der Waals surface area contributed by atoms with Crippen molar-refractivity contribution in [3.05, 3.63) is 29.8 Å². The third kappa shape index (κ3) is 4.75. The van der Waals surface area contributed by atoms with Crippen LogP contribution in [-0.2, 0) is 26.3 Å². The molecule has 0 aliphatic rings. The Kier molecular flexibility index (Phi) is 4.89. The van der Waals surface area contributed by atoms with E-state index in [1.807, 2.05) is 6.92 Å². The van der Waals surface area contributed by atoms with Crippen LogP contribution in [-0.4, -0.2) is 35.4 Å². The van der Waals surface area contributed by atoms with Crippen molar-refractivity contribution in [2.45, 2.75) is 18.2 Å². The highest BCUT2D eigenvalue weighted by molar-refractivity contribution is 7.91. The summed E-state index contributed by atoms with van der Waals surface area (Å²) in [5, 5.41) is 0. The maximum absolute atomic E-state index is 11.8. The van der Waals surface area contributed by atoms with Crippen molar-refractivity contribution in [3.63, 3.8) is 0 Å². The molecule has 0 aliphatic heterocycles. The van der Waals surface area contributed by atoms with Gasteiger partial charge in [-0.05, 0) is 24.1 Å². The second kappa shape index (κ2) is 5.81.